The highest BCUT2D eigenvalue weighted by Crippen LogP contribution is 2.38. The molecule has 30 heavy (non-hydrogen) atoms. The molecule has 2 N–H and O–H groups in total. The highest BCUT2D eigenvalue weighted by molar-refractivity contribution is 6.33. The zero-order chi connectivity index (χ0) is 21.4. The molecule has 0 aliphatic carbocycles. The summed E-state index contributed by atoms with van der Waals surface area (Å²) in [6, 6.07) is 7.48. The smallest absolute Gasteiger partial charge is 0.255 e. The Morgan fingerprint density at radius 3 is 2.43 bits per heavy atom. The average Bonchev–Trinajstić information content (AvgIpc) is 3.27. The molecular weight excluding hydrogens is 423 g/mol. The van der Waals surface area contributed by atoms with Crippen LogP contribution in [0.5, 0.6) is 0 Å². The fourth-order valence-corrected chi connectivity index (χ4v) is 5.02. The first-order valence-corrected chi connectivity index (χ1v) is 10.8. The molecule has 0 bridgehead atoms. The lowest BCUT2D eigenvalue weighted by molar-refractivity contribution is -0.119. The summed E-state index contributed by atoms with van der Waals surface area (Å²) in [6.07, 6.45) is 3.32. The number of aromatic nitrogens is 1. The fraction of sp³-hybridized carbons (Fsp3) is 0.409. The molecule has 6 nitrogen and oxygen atoms in total. The standard InChI is InChI=1S/C22H24Cl2N4O2/c1-13-2-3-14(6-18(13)23)20(7-21(25)29)27-9-15-11-28(12-16(15)10-27)22(30)17-4-5-26-8-19(17)24/h2-6,8,15-16,20H,7,9-12H2,1H3,(H2,25,29). The molecule has 3 unspecified atom stereocenters. The molecule has 3 heterocycles. The van der Waals surface area contributed by atoms with Gasteiger partial charge in [-0.1, -0.05) is 35.3 Å². The molecule has 0 saturated carbocycles. The Bertz CT molecular complexity index is 969. The van der Waals surface area contributed by atoms with Crippen LogP contribution in [0.4, 0.5) is 0 Å². The van der Waals surface area contributed by atoms with Gasteiger partial charge in [0.1, 0.15) is 0 Å². The normalized spacial score (nSPS) is 22.2. The van der Waals surface area contributed by atoms with Crippen LogP contribution in [-0.2, 0) is 4.79 Å². The number of primary amides is 1. The second-order valence-corrected chi connectivity index (χ2v) is 9.05. The first kappa shape index (κ1) is 21.1. The molecule has 2 aliphatic rings. The van der Waals surface area contributed by atoms with Gasteiger partial charge in [0, 0.05) is 56.1 Å². The predicted molar refractivity (Wildman–Crippen MR) is 116 cm³/mol. The lowest BCUT2D eigenvalue weighted by Crippen LogP contribution is -2.36. The van der Waals surface area contributed by atoms with E-state index in [9.17, 15) is 9.59 Å². The van der Waals surface area contributed by atoms with Gasteiger partial charge < -0.3 is 10.6 Å². The number of aryl methyl sites for hydroxylation is 1. The highest BCUT2D eigenvalue weighted by atomic mass is 35.5. The maximum Gasteiger partial charge on any atom is 0.255 e. The molecule has 0 spiro atoms. The van der Waals surface area contributed by atoms with Crippen LogP contribution < -0.4 is 5.73 Å². The van der Waals surface area contributed by atoms with E-state index in [0.717, 1.165) is 24.2 Å². The monoisotopic (exact) mass is 446 g/mol. The van der Waals surface area contributed by atoms with E-state index in [2.05, 4.69) is 9.88 Å². The number of amides is 2. The summed E-state index contributed by atoms with van der Waals surface area (Å²) in [6.45, 7) is 4.92. The van der Waals surface area contributed by atoms with Crippen LogP contribution in [0, 0.1) is 18.8 Å². The first-order chi connectivity index (χ1) is 14.3. The van der Waals surface area contributed by atoms with Gasteiger partial charge in [0.2, 0.25) is 5.91 Å². The Kier molecular flexibility index (Phi) is 6.00. The molecular formula is C22H24Cl2N4O2. The Labute approximate surface area is 185 Å². The molecule has 2 amide bonds. The van der Waals surface area contributed by atoms with Crippen LogP contribution in [0.15, 0.2) is 36.7 Å². The third-order valence-corrected chi connectivity index (χ3v) is 6.93. The topological polar surface area (TPSA) is 79.5 Å². The number of carbonyl (C=O) groups is 2. The summed E-state index contributed by atoms with van der Waals surface area (Å²) < 4.78 is 0. The van der Waals surface area contributed by atoms with Gasteiger partial charge in [-0.05, 0) is 42.0 Å². The number of benzene rings is 1. The summed E-state index contributed by atoms with van der Waals surface area (Å²) in [5.74, 6) is 0.317. The SMILES string of the molecule is Cc1ccc(C(CC(N)=O)N2CC3CN(C(=O)c4ccncc4Cl)CC3C2)cc1Cl. The van der Waals surface area contributed by atoms with Crippen LogP contribution in [0.25, 0.3) is 0 Å². The molecule has 2 saturated heterocycles. The third-order valence-electron chi connectivity index (χ3n) is 6.22. The minimum atomic E-state index is -0.335. The van der Waals surface area contributed by atoms with E-state index in [1.165, 1.54) is 6.20 Å². The molecule has 1 aromatic heterocycles. The zero-order valence-electron chi connectivity index (χ0n) is 16.7. The minimum absolute atomic E-state index is 0.0534. The van der Waals surface area contributed by atoms with Crippen molar-refractivity contribution in [2.45, 2.75) is 19.4 Å². The van der Waals surface area contributed by atoms with Gasteiger partial charge in [-0.15, -0.1) is 0 Å². The molecule has 158 valence electrons. The maximum atomic E-state index is 12.9. The molecule has 2 aliphatic heterocycles. The molecule has 4 rings (SSSR count). The largest absolute Gasteiger partial charge is 0.370 e. The molecule has 3 atom stereocenters. The number of nitrogens with zero attached hydrogens (tertiary/aromatic N) is 3. The van der Waals surface area contributed by atoms with Gasteiger partial charge in [0.15, 0.2) is 0 Å². The fourth-order valence-electron chi connectivity index (χ4n) is 4.63. The van der Waals surface area contributed by atoms with Crippen LogP contribution in [0.1, 0.15) is 33.9 Å². The molecule has 8 heteroatoms. The van der Waals surface area contributed by atoms with Crippen LogP contribution in [0.3, 0.4) is 0 Å². The summed E-state index contributed by atoms with van der Waals surface area (Å²) in [5.41, 5.74) is 8.04. The number of hydrogen-bond acceptors (Lipinski definition) is 4. The molecule has 2 aromatic rings. The third kappa shape index (κ3) is 4.17. The van der Waals surface area contributed by atoms with Crippen LogP contribution in [0.2, 0.25) is 10.0 Å². The van der Waals surface area contributed by atoms with Crippen molar-refractivity contribution < 1.29 is 9.59 Å². The Morgan fingerprint density at radius 1 is 1.13 bits per heavy atom. The lowest BCUT2D eigenvalue weighted by atomic mass is 10.0. The van der Waals surface area contributed by atoms with Crippen molar-refractivity contribution in [3.63, 3.8) is 0 Å². The van der Waals surface area contributed by atoms with Crippen molar-refractivity contribution in [3.8, 4) is 0 Å². The summed E-state index contributed by atoms with van der Waals surface area (Å²) in [5, 5.41) is 1.06. The van der Waals surface area contributed by atoms with Crippen molar-refractivity contribution in [2.24, 2.45) is 17.6 Å². The van der Waals surface area contributed by atoms with E-state index >= 15 is 0 Å². The second kappa shape index (κ2) is 8.53. The lowest BCUT2D eigenvalue weighted by Gasteiger charge is -2.29. The number of rotatable bonds is 5. The van der Waals surface area contributed by atoms with Crippen LogP contribution >= 0.6 is 23.2 Å². The number of pyridine rings is 1. The number of hydrogen-bond donors (Lipinski definition) is 1. The average molecular weight is 447 g/mol. The van der Waals surface area contributed by atoms with E-state index in [0.29, 0.717) is 40.5 Å². The summed E-state index contributed by atoms with van der Waals surface area (Å²) >= 11 is 12.5. The van der Waals surface area contributed by atoms with E-state index < -0.39 is 0 Å². The Balaban J connectivity index is 1.47. The Morgan fingerprint density at radius 2 is 1.83 bits per heavy atom. The van der Waals surface area contributed by atoms with Gasteiger partial charge in [-0.25, -0.2) is 0 Å². The molecule has 0 radical (unpaired) electrons. The maximum absolute atomic E-state index is 12.9. The summed E-state index contributed by atoms with van der Waals surface area (Å²) in [7, 11) is 0. The van der Waals surface area contributed by atoms with Gasteiger partial charge >= 0.3 is 0 Å². The number of halogens is 2. The van der Waals surface area contributed by atoms with Crippen LogP contribution in [-0.4, -0.2) is 52.8 Å². The second-order valence-electron chi connectivity index (χ2n) is 8.23. The number of fused-ring (bicyclic) bond motifs is 1. The van der Waals surface area contributed by atoms with Gasteiger partial charge in [0.05, 0.1) is 10.6 Å². The highest BCUT2D eigenvalue weighted by Gasteiger charge is 2.44. The van der Waals surface area contributed by atoms with E-state index in [4.69, 9.17) is 28.9 Å². The summed E-state index contributed by atoms with van der Waals surface area (Å²) in [4.78, 5) is 32.8. The predicted octanol–water partition coefficient (Wildman–Crippen LogP) is 3.32. The van der Waals surface area contributed by atoms with Gasteiger partial charge in [-0.2, -0.15) is 0 Å². The van der Waals surface area contributed by atoms with Crippen molar-refractivity contribution in [1.29, 1.82) is 0 Å². The number of likely N-dealkylation sites (tertiary alicyclic amines) is 2. The minimum Gasteiger partial charge on any atom is -0.370 e. The van der Waals surface area contributed by atoms with Gasteiger partial charge in [-0.3, -0.25) is 19.5 Å². The number of nitrogens with two attached hydrogens (primary N) is 1. The quantitative estimate of drug-likeness (QED) is 0.763. The van der Waals surface area contributed by atoms with E-state index in [-0.39, 0.29) is 24.3 Å². The first-order valence-electron chi connectivity index (χ1n) is 10.0. The van der Waals surface area contributed by atoms with E-state index in [1.807, 2.05) is 30.0 Å². The van der Waals surface area contributed by atoms with E-state index in [1.54, 1.807) is 12.3 Å². The van der Waals surface area contributed by atoms with Crippen molar-refractivity contribution in [2.75, 3.05) is 26.2 Å². The molecule has 1 aromatic carbocycles. The Hall–Kier alpha value is -2.15. The van der Waals surface area contributed by atoms with Gasteiger partial charge in [0.25, 0.3) is 5.91 Å². The van der Waals surface area contributed by atoms with Crippen molar-refractivity contribution >= 4 is 35.0 Å². The van der Waals surface area contributed by atoms with Crippen molar-refractivity contribution in [3.05, 3.63) is 63.4 Å². The number of carbonyl (C=O) groups excluding carboxylic acids is 2. The zero-order valence-corrected chi connectivity index (χ0v) is 18.2. The molecule has 2 fully saturated rings. The van der Waals surface area contributed by atoms with Crippen molar-refractivity contribution in [1.82, 2.24) is 14.8 Å².